The number of nitrogens with two attached hydrogens (primary N) is 2. The molecule has 2 heterocycles. The largest absolute Gasteiger partial charge is 0.489 e. The van der Waals surface area contributed by atoms with E-state index in [9.17, 15) is 4.79 Å². The molecule has 3 aliphatic rings. The van der Waals surface area contributed by atoms with Gasteiger partial charge in [0.25, 0.3) is 0 Å². The van der Waals surface area contributed by atoms with Crippen LogP contribution in [0.25, 0.3) is 0 Å². The fraction of sp³-hybridized carbons (Fsp3) is 0.625. The molecule has 1 saturated heterocycles. The molecule has 0 radical (unpaired) electrons. The summed E-state index contributed by atoms with van der Waals surface area (Å²) in [6.07, 6.45) is 6.42. The maximum Gasteiger partial charge on any atom is 0.410 e. The predicted molar refractivity (Wildman–Crippen MR) is 129 cm³/mol. The van der Waals surface area contributed by atoms with E-state index in [1.165, 1.54) is 6.42 Å². The standard InChI is InChI=1S/C24H36N6O3/c1-23(2,3)33-22(31)29-14-8-11-19(16-29)32-18-10-7-9-17(15-18)30-21(26)27-20(25)28-24(30)12-5-4-6-13-24/h7,9-10,15,19H,4-6,8,11-14,16H2,1-3H3,(H4,25,26,27,28). The number of ether oxygens (including phenoxy) is 2. The lowest BCUT2D eigenvalue weighted by molar-refractivity contribution is 0.00776. The Kier molecular flexibility index (Phi) is 6.41. The number of likely N-dealkylation sites (tertiary alicyclic amines) is 1. The smallest absolute Gasteiger partial charge is 0.410 e. The van der Waals surface area contributed by atoms with Crippen LogP contribution < -0.4 is 21.1 Å². The van der Waals surface area contributed by atoms with Gasteiger partial charge in [-0.05, 0) is 71.4 Å². The van der Waals surface area contributed by atoms with Crippen molar-refractivity contribution in [3.05, 3.63) is 24.3 Å². The highest BCUT2D eigenvalue weighted by atomic mass is 16.6. The Balaban J connectivity index is 1.50. The Hall–Kier alpha value is -2.97. The lowest BCUT2D eigenvalue weighted by Crippen LogP contribution is -2.58. The van der Waals surface area contributed by atoms with Gasteiger partial charge >= 0.3 is 6.09 Å². The Labute approximate surface area is 195 Å². The Morgan fingerprint density at radius 2 is 1.91 bits per heavy atom. The SMILES string of the molecule is CC(C)(C)OC(=O)N1CCCC(Oc2cccc(N3C(N)=NC(N)=NC34CCCCC4)c2)C1. The third-order valence-electron chi connectivity index (χ3n) is 6.26. The topological polar surface area (TPSA) is 119 Å². The monoisotopic (exact) mass is 456 g/mol. The molecule has 1 saturated carbocycles. The lowest BCUT2D eigenvalue weighted by Gasteiger charge is -2.45. The zero-order valence-electron chi connectivity index (χ0n) is 19.9. The van der Waals surface area contributed by atoms with Crippen molar-refractivity contribution in [3.8, 4) is 5.75 Å². The molecule has 9 nitrogen and oxygen atoms in total. The molecule has 1 aromatic rings. The maximum atomic E-state index is 12.5. The van der Waals surface area contributed by atoms with Gasteiger partial charge in [-0.15, -0.1) is 0 Å². The molecule has 33 heavy (non-hydrogen) atoms. The summed E-state index contributed by atoms with van der Waals surface area (Å²) in [6, 6.07) is 7.85. The van der Waals surface area contributed by atoms with E-state index in [2.05, 4.69) is 4.99 Å². The Bertz CT molecular complexity index is 932. The number of hydrogen-bond donors (Lipinski definition) is 2. The summed E-state index contributed by atoms with van der Waals surface area (Å²) in [5, 5.41) is 0. The summed E-state index contributed by atoms with van der Waals surface area (Å²) in [6.45, 7) is 6.80. The normalized spacial score (nSPS) is 23.1. The number of amides is 1. The van der Waals surface area contributed by atoms with E-state index in [1.54, 1.807) is 4.90 Å². The molecule has 2 aliphatic heterocycles. The summed E-state index contributed by atoms with van der Waals surface area (Å²) in [4.78, 5) is 25.2. The predicted octanol–water partition coefficient (Wildman–Crippen LogP) is 3.57. The number of benzene rings is 1. The molecule has 1 unspecified atom stereocenters. The summed E-state index contributed by atoms with van der Waals surface area (Å²) in [5.41, 5.74) is 12.2. The van der Waals surface area contributed by atoms with Crippen LogP contribution in [0.4, 0.5) is 10.5 Å². The minimum Gasteiger partial charge on any atom is -0.489 e. The average Bonchev–Trinajstić information content (AvgIpc) is 2.73. The summed E-state index contributed by atoms with van der Waals surface area (Å²) in [5.74, 6) is 1.32. The van der Waals surface area contributed by atoms with Gasteiger partial charge in [-0.2, -0.15) is 4.99 Å². The minimum atomic E-state index is -0.518. The molecule has 4 rings (SSSR count). The van der Waals surface area contributed by atoms with E-state index in [4.69, 9.17) is 25.9 Å². The van der Waals surface area contributed by atoms with Gasteiger partial charge in [-0.3, -0.25) is 4.90 Å². The van der Waals surface area contributed by atoms with E-state index in [-0.39, 0.29) is 18.2 Å². The van der Waals surface area contributed by atoms with Gasteiger partial charge in [-0.25, -0.2) is 9.79 Å². The zero-order valence-corrected chi connectivity index (χ0v) is 19.9. The minimum absolute atomic E-state index is 0.105. The number of guanidine groups is 2. The van der Waals surface area contributed by atoms with Gasteiger partial charge in [0.05, 0.1) is 6.54 Å². The average molecular weight is 457 g/mol. The summed E-state index contributed by atoms with van der Waals surface area (Å²) in [7, 11) is 0. The number of carbonyl (C=O) groups excluding carboxylic acids is 1. The molecule has 0 bridgehead atoms. The third kappa shape index (κ3) is 5.34. The second-order valence-electron chi connectivity index (χ2n) is 10.1. The van der Waals surface area contributed by atoms with Crippen molar-refractivity contribution in [3.63, 3.8) is 0 Å². The number of hydrogen-bond acceptors (Lipinski definition) is 8. The van der Waals surface area contributed by atoms with E-state index in [0.717, 1.165) is 50.0 Å². The Morgan fingerprint density at radius 1 is 1.15 bits per heavy atom. The van der Waals surface area contributed by atoms with Crippen LogP contribution in [0.2, 0.25) is 0 Å². The van der Waals surface area contributed by atoms with Crippen LogP contribution in [0.15, 0.2) is 34.3 Å². The van der Waals surface area contributed by atoms with Gasteiger partial charge < -0.3 is 25.8 Å². The fourth-order valence-electron chi connectivity index (χ4n) is 4.91. The third-order valence-corrected chi connectivity index (χ3v) is 6.26. The van der Waals surface area contributed by atoms with Crippen LogP contribution in [0.3, 0.4) is 0 Å². The van der Waals surface area contributed by atoms with Gasteiger partial charge in [0.2, 0.25) is 11.9 Å². The number of piperidine rings is 1. The highest BCUT2D eigenvalue weighted by molar-refractivity contribution is 6.05. The quantitative estimate of drug-likeness (QED) is 0.718. The van der Waals surface area contributed by atoms with Gasteiger partial charge in [0.1, 0.15) is 23.1 Å². The number of anilines is 1. The van der Waals surface area contributed by atoms with Crippen molar-refractivity contribution in [2.24, 2.45) is 21.5 Å². The molecule has 9 heteroatoms. The number of aliphatic imine (C=N–C) groups is 2. The second kappa shape index (κ2) is 9.11. The van der Waals surface area contributed by atoms with Crippen molar-refractivity contribution in [1.82, 2.24) is 4.90 Å². The molecule has 4 N–H and O–H groups in total. The van der Waals surface area contributed by atoms with E-state index in [0.29, 0.717) is 19.0 Å². The molecular formula is C24H36N6O3. The van der Waals surface area contributed by atoms with Crippen LogP contribution in [-0.2, 0) is 4.74 Å². The first kappa shape index (κ1) is 23.2. The van der Waals surface area contributed by atoms with E-state index in [1.807, 2.05) is 49.9 Å². The van der Waals surface area contributed by atoms with Gasteiger partial charge in [0, 0.05) is 18.3 Å². The zero-order chi connectivity index (χ0) is 23.6. The lowest BCUT2D eigenvalue weighted by atomic mass is 9.87. The molecule has 1 aliphatic carbocycles. The van der Waals surface area contributed by atoms with Crippen LogP contribution >= 0.6 is 0 Å². The molecular weight excluding hydrogens is 420 g/mol. The highest BCUT2D eigenvalue weighted by Crippen LogP contribution is 2.40. The Morgan fingerprint density at radius 3 is 2.64 bits per heavy atom. The highest BCUT2D eigenvalue weighted by Gasteiger charge is 2.42. The number of nitrogens with zero attached hydrogens (tertiary/aromatic N) is 4. The summed E-state index contributed by atoms with van der Waals surface area (Å²) >= 11 is 0. The van der Waals surface area contributed by atoms with Crippen LogP contribution in [0.1, 0.15) is 65.7 Å². The van der Waals surface area contributed by atoms with Gasteiger partial charge in [0.15, 0.2) is 0 Å². The van der Waals surface area contributed by atoms with E-state index >= 15 is 0 Å². The van der Waals surface area contributed by atoms with Crippen LogP contribution in [0.5, 0.6) is 5.75 Å². The van der Waals surface area contributed by atoms with Gasteiger partial charge in [-0.1, -0.05) is 12.5 Å². The first-order valence-electron chi connectivity index (χ1n) is 11.9. The fourth-order valence-corrected chi connectivity index (χ4v) is 4.91. The van der Waals surface area contributed by atoms with Crippen molar-refractivity contribution >= 4 is 23.7 Å². The number of carbonyl (C=O) groups is 1. The van der Waals surface area contributed by atoms with Crippen molar-refractivity contribution in [2.45, 2.75) is 83.1 Å². The van der Waals surface area contributed by atoms with Crippen molar-refractivity contribution < 1.29 is 14.3 Å². The van der Waals surface area contributed by atoms with Crippen molar-refractivity contribution in [2.75, 3.05) is 18.0 Å². The molecule has 2 fully saturated rings. The molecule has 1 spiro atoms. The molecule has 180 valence electrons. The molecule has 1 atom stereocenters. The molecule has 1 amide bonds. The van der Waals surface area contributed by atoms with Crippen molar-refractivity contribution in [1.29, 1.82) is 0 Å². The molecule has 0 aromatic heterocycles. The number of rotatable bonds is 3. The second-order valence-corrected chi connectivity index (χ2v) is 10.1. The first-order chi connectivity index (χ1) is 15.7. The van der Waals surface area contributed by atoms with Crippen LogP contribution in [0, 0.1) is 0 Å². The summed E-state index contributed by atoms with van der Waals surface area (Å²) < 4.78 is 11.8. The maximum absolute atomic E-state index is 12.5. The molecule has 1 aromatic carbocycles. The first-order valence-corrected chi connectivity index (χ1v) is 11.9. The van der Waals surface area contributed by atoms with Crippen LogP contribution in [-0.4, -0.2) is 53.4 Å². The van der Waals surface area contributed by atoms with E-state index < -0.39 is 11.3 Å².